The standard InChI is InChI=1S/C12H6BrIO4/c13-8-2-1-6(14)5-7(8)11(15)9-3-4-10(18-9)12(16)17/h1-5H,(H,16,17). The minimum Gasteiger partial charge on any atom is -0.475 e. The fourth-order valence-corrected chi connectivity index (χ4v) is 2.30. The first-order chi connectivity index (χ1) is 8.49. The number of carboxylic acids is 1. The van der Waals surface area contributed by atoms with Crippen molar-refractivity contribution >= 4 is 50.3 Å². The van der Waals surface area contributed by atoms with Crippen LogP contribution < -0.4 is 0 Å². The second kappa shape index (κ2) is 5.23. The van der Waals surface area contributed by atoms with E-state index >= 15 is 0 Å². The van der Waals surface area contributed by atoms with Crippen LogP contribution in [-0.2, 0) is 0 Å². The zero-order valence-electron chi connectivity index (χ0n) is 8.81. The number of furan rings is 1. The normalized spacial score (nSPS) is 10.3. The molecule has 0 aliphatic heterocycles. The molecule has 0 aliphatic rings. The van der Waals surface area contributed by atoms with Gasteiger partial charge in [0.05, 0.1) is 0 Å². The van der Waals surface area contributed by atoms with E-state index in [9.17, 15) is 9.59 Å². The number of carboxylic acid groups (broad SMARTS) is 1. The molecule has 0 unspecified atom stereocenters. The summed E-state index contributed by atoms with van der Waals surface area (Å²) < 4.78 is 6.53. The Balaban J connectivity index is 2.41. The Bertz CT molecular complexity index is 633. The maximum absolute atomic E-state index is 12.1. The summed E-state index contributed by atoms with van der Waals surface area (Å²) in [7, 11) is 0. The van der Waals surface area contributed by atoms with Crippen LogP contribution in [0.15, 0.2) is 39.2 Å². The molecule has 6 heteroatoms. The number of hydrogen-bond acceptors (Lipinski definition) is 3. The van der Waals surface area contributed by atoms with Crippen LogP contribution in [0, 0.1) is 3.57 Å². The van der Waals surface area contributed by atoms with E-state index in [2.05, 4.69) is 38.5 Å². The molecule has 0 saturated heterocycles. The van der Waals surface area contributed by atoms with Crippen molar-refractivity contribution in [2.24, 2.45) is 0 Å². The molecule has 1 heterocycles. The molecular weight excluding hydrogens is 415 g/mol. The molecule has 1 N–H and O–H groups in total. The minimum atomic E-state index is -1.20. The van der Waals surface area contributed by atoms with Gasteiger partial charge >= 0.3 is 5.97 Å². The van der Waals surface area contributed by atoms with Gasteiger partial charge in [0.15, 0.2) is 5.76 Å². The van der Waals surface area contributed by atoms with Gasteiger partial charge in [-0.15, -0.1) is 0 Å². The minimum absolute atomic E-state index is 0.00935. The molecule has 0 atom stereocenters. The number of halogens is 2. The summed E-state index contributed by atoms with van der Waals surface area (Å²) in [5.74, 6) is -1.79. The number of ketones is 1. The molecule has 0 aliphatic carbocycles. The largest absolute Gasteiger partial charge is 0.475 e. The average Bonchev–Trinajstić information content (AvgIpc) is 2.81. The fourth-order valence-electron chi connectivity index (χ4n) is 1.38. The smallest absolute Gasteiger partial charge is 0.371 e. The molecule has 0 spiro atoms. The van der Waals surface area contributed by atoms with Crippen LogP contribution in [0.25, 0.3) is 0 Å². The molecule has 0 bridgehead atoms. The lowest BCUT2D eigenvalue weighted by molar-refractivity contribution is 0.0660. The second-order valence-corrected chi connectivity index (χ2v) is 5.52. The Morgan fingerprint density at radius 3 is 2.44 bits per heavy atom. The van der Waals surface area contributed by atoms with Crippen molar-refractivity contribution in [3.8, 4) is 0 Å². The highest BCUT2D eigenvalue weighted by atomic mass is 127. The topological polar surface area (TPSA) is 67.5 Å². The summed E-state index contributed by atoms with van der Waals surface area (Å²) in [5.41, 5.74) is 0.438. The monoisotopic (exact) mass is 420 g/mol. The number of benzene rings is 1. The summed E-state index contributed by atoms with van der Waals surface area (Å²) in [4.78, 5) is 22.8. The lowest BCUT2D eigenvalue weighted by Gasteiger charge is -2.02. The third-order valence-electron chi connectivity index (χ3n) is 2.21. The maximum Gasteiger partial charge on any atom is 0.371 e. The van der Waals surface area contributed by atoms with Gasteiger partial charge < -0.3 is 9.52 Å². The van der Waals surface area contributed by atoms with Crippen LogP contribution in [0.5, 0.6) is 0 Å². The summed E-state index contributed by atoms with van der Waals surface area (Å²) in [6, 6.07) is 7.94. The Labute approximate surface area is 124 Å². The number of carbonyl (C=O) groups excluding carboxylic acids is 1. The summed E-state index contributed by atoms with van der Waals surface area (Å²) in [6.07, 6.45) is 0. The van der Waals surface area contributed by atoms with Gasteiger partial charge in [-0.2, -0.15) is 0 Å². The summed E-state index contributed by atoms with van der Waals surface area (Å²) in [5, 5.41) is 8.73. The van der Waals surface area contributed by atoms with Gasteiger partial charge in [0.2, 0.25) is 11.5 Å². The van der Waals surface area contributed by atoms with Crippen molar-refractivity contribution in [2.75, 3.05) is 0 Å². The van der Waals surface area contributed by atoms with Gasteiger partial charge in [-0.3, -0.25) is 4.79 Å². The van der Waals surface area contributed by atoms with E-state index in [0.717, 1.165) is 3.57 Å². The maximum atomic E-state index is 12.1. The number of hydrogen-bond donors (Lipinski definition) is 1. The van der Waals surface area contributed by atoms with Crippen LogP contribution >= 0.6 is 38.5 Å². The zero-order chi connectivity index (χ0) is 13.3. The molecule has 4 nitrogen and oxygen atoms in total. The molecule has 2 aromatic rings. The quantitative estimate of drug-likeness (QED) is 0.608. The molecule has 2 rings (SSSR count). The van der Waals surface area contributed by atoms with Gasteiger partial charge in [-0.1, -0.05) is 15.9 Å². The molecular formula is C12H6BrIO4. The Morgan fingerprint density at radius 1 is 1.17 bits per heavy atom. The third kappa shape index (κ3) is 2.64. The second-order valence-electron chi connectivity index (χ2n) is 3.42. The van der Waals surface area contributed by atoms with Gasteiger partial charge in [-0.05, 0) is 52.9 Å². The lowest BCUT2D eigenvalue weighted by Crippen LogP contribution is -2.01. The Hall–Kier alpha value is -1.15. The lowest BCUT2D eigenvalue weighted by atomic mass is 10.1. The van der Waals surface area contributed by atoms with E-state index in [-0.39, 0.29) is 17.3 Å². The molecule has 1 aromatic carbocycles. The predicted molar refractivity (Wildman–Crippen MR) is 76.0 cm³/mol. The molecule has 0 saturated carbocycles. The number of rotatable bonds is 3. The van der Waals surface area contributed by atoms with Crippen molar-refractivity contribution in [3.63, 3.8) is 0 Å². The third-order valence-corrected chi connectivity index (χ3v) is 3.58. The van der Waals surface area contributed by atoms with Crippen molar-refractivity contribution < 1.29 is 19.1 Å². The van der Waals surface area contributed by atoms with E-state index in [1.807, 2.05) is 6.07 Å². The first-order valence-corrected chi connectivity index (χ1v) is 6.69. The molecule has 0 fully saturated rings. The highest BCUT2D eigenvalue weighted by Crippen LogP contribution is 2.23. The number of aromatic carboxylic acids is 1. The Kier molecular flexibility index (Phi) is 3.86. The van der Waals surface area contributed by atoms with Crippen LogP contribution in [0.2, 0.25) is 0 Å². The van der Waals surface area contributed by atoms with E-state index in [1.165, 1.54) is 12.1 Å². The van der Waals surface area contributed by atoms with Crippen LogP contribution in [-0.4, -0.2) is 16.9 Å². The van der Waals surface area contributed by atoms with E-state index in [1.54, 1.807) is 12.1 Å². The van der Waals surface area contributed by atoms with Crippen LogP contribution in [0.4, 0.5) is 0 Å². The van der Waals surface area contributed by atoms with Crippen molar-refractivity contribution in [2.45, 2.75) is 0 Å². The zero-order valence-corrected chi connectivity index (χ0v) is 12.6. The van der Waals surface area contributed by atoms with E-state index in [4.69, 9.17) is 9.52 Å². The highest BCUT2D eigenvalue weighted by Gasteiger charge is 2.18. The van der Waals surface area contributed by atoms with E-state index in [0.29, 0.717) is 10.0 Å². The molecule has 92 valence electrons. The highest BCUT2D eigenvalue weighted by molar-refractivity contribution is 14.1. The van der Waals surface area contributed by atoms with Crippen molar-refractivity contribution in [1.29, 1.82) is 0 Å². The number of carbonyl (C=O) groups is 2. The summed E-state index contributed by atoms with van der Waals surface area (Å²) in [6.45, 7) is 0. The average molecular weight is 421 g/mol. The fraction of sp³-hybridized carbons (Fsp3) is 0. The van der Waals surface area contributed by atoms with Crippen LogP contribution in [0.1, 0.15) is 26.7 Å². The first-order valence-electron chi connectivity index (χ1n) is 4.82. The SMILES string of the molecule is O=C(O)c1ccc(C(=O)c2cc(I)ccc2Br)o1. The molecule has 18 heavy (non-hydrogen) atoms. The van der Waals surface area contributed by atoms with Gasteiger partial charge in [0.1, 0.15) is 0 Å². The Morgan fingerprint density at radius 2 is 1.83 bits per heavy atom. The predicted octanol–water partition coefficient (Wildman–Crippen LogP) is 3.58. The summed E-state index contributed by atoms with van der Waals surface area (Å²) >= 11 is 5.37. The van der Waals surface area contributed by atoms with E-state index < -0.39 is 5.97 Å². The van der Waals surface area contributed by atoms with Crippen LogP contribution in [0.3, 0.4) is 0 Å². The van der Waals surface area contributed by atoms with Gasteiger partial charge in [0, 0.05) is 13.6 Å². The van der Waals surface area contributed by atoms with Crippen molar-refractivity contribution in [3.05, 3.63) is 55.5 Å². The van der Waals surface area contributed by atoms with Gasteiger partial charge in [-0.25, -0.2) is 4.79 Å². The van der Waals surface area contributed by atoms with Crippen molar-refractivity contribution in [1.82, 2.24) is 0 Å². The molecule has 0 radical (unpaired) electrons. The van der Waals surface area contributed by atoms with Gasteiger partial charge in [0.25, 0.3) is 0 Å². The first kappa shape index (κ1) is 13.3. The molecule has 1 aromatic heterocycles. The molecule has 0 amide bonds.